The summed E-state index contributed by atoms with van der Waals surface area (Å²) < 4.78 is 13.0. The quantitative estimate of drug-likeness (QED) is 0.664. The SMILES string of the molecule is C=CCNC(=O)N[C@H]1[C@H](O)[C@@H](n2cc(C)cn2)[C@@H]2OC[C@H]1O2. The van der Waals surface area contributed by atoms with Crippen LogP contribution in [0, 0.1) is 6.92 Å². The molecule has 0 radical (unpaired) electrons. The van der Waals surface area contributed by atoms with E-state index in [4.69, 9.17) is 9.47 Å². The molecule has 2 fully saturated rings. The van der Waals surface area contributed by atoms with Crippen LogP contribution in [0.1, 0.15) is 11.6 Å². The monoisotopic (exact) mass is 308 g/mol. The van der Waals surface area contributed by atoms with Crippen molar-refractivity contribution in [3.8, 4) is 0 Å². The van der Waals surface area contributed by atoms with E-state index in [1.807, 2.05) is 13.1 Å². The number of aromatic nitrogens is 2. The van der Waals surface area contributed by atoms with Crippen molar-refractivity contribution >= 4 is 6.03 Å². The molecule has 2 bridgehead atoms. The lowest BCUT2D eigenvalue weighted by atomic mass is 9.96. The molecular weight excluding hydrogens is 288 g/mol. The number of rotatable bonds is 4. The Bertz CT molecular complexity index is 561. The van der Waals surface area contributed by atoms with Crippen LogP contribution in [-0.2, 0) is 9.47 Å². The molecular formula is C14H20N4O4. The number of carbonyl (C=O) groups is 1. The average molecular weight is 308 g/mol. The number of carbonyl (C=O) groups excluding carboxylic acids is 1. The highest BCUT2D eigenvalue weighted by molar-refractivity contribution is 5.74. The fourth-order valence-electron chi connectivity index (χ4n) is 2.82. The van der Waals surface area contributed by atoms with Gasteiger partial charge in [-0.15, -0.1) is 6.58 Å². The van der Waals surface area contributed by atoms with E-state index in [1.165, 1.54) is 0 Å². The van der Waals surface area contributed by atoms with E-state index in [-0.39, 0.29) is 12.1 Å². The molecule has 3 N–H and O–H groups in total. The highest BCUT2D eigenvalue weighted by Gasteiger charge is 2.51. The van der Waals surface area contributed by atoms with Gasteiger partial charge in [0.2, 0.25) is 0 Å². The number of amides is 2. The summed E-state index contributed by atoms with van der Waals surface area (Å²) in [5, 5.41) is 20.3. The summed E-state index contributed by atoms with van der Waals surface area (Å²) in [6, 6.07) is -1.46. The maximum absolute atomic E-state index is 11.8. The van der Waals surface area contributed by atoms with Crippen LogP contribution in [0.4, 0.5) is 4.79 Å². The lowest BCUT2D eigenvalue weighted by Gasteiger charge is -2.38. The molecule has 1 aromatic rings. The number of ether oxygens (including phenoxy) is 2. The second-order valence-electron chi connectivity index (χ2n) is 5.52. The van der Waals surface area contributed by atoms with Crippen molar-refractivity contribution in [3.05, 3.63) is 30.6 Å². The largest absolute Gasteiger partial charge is 0.388 e. The summed E-state index contributed by atoms with van der Waals surface area (Å²) >= 11 is 0. The molecule has 22 heavy (non-hydrogen) atoms. The third kappa shape index (κ3) is 2.72. The van der Waals surface area contributed by atoms with Gasteiger partial charge in [-0.3, -0.25) is 4.68 Å². The summed E-state index contributed by atoms with van der Waals surface area (Å²) in [6.45, 7) is 6.12. The first-order valence-electron chi connectivity index (χ1n) is 7.21. The molecule has 2 saturated heterocycles. The zero-order chi connectivity index (χ0) is 15.7. The number of aliphatic hydroxyl groups excluding tert-OH is 1. The second kappa shape index (κ2) is 6.07. The number of nitrogens with zero attached hydrogens (tertiary/aromatic N) is 2. The minimum Gasteiger partial charge on any atom is -0.388 e. The molecule has 0 saturated carbocycles. The Morgan fingerprint density at radius 3 is 3.18 bits per heavy atom. The van der Waals surface area contributed by atoms with Crippen molar-refractivity contribution in [2.75, 3.05) is 13.2 Å². The van der Waals surface area contributed by atoms with Gasteiger partial charge in [0.15, 0.2) is 6.29 Å². The van der Waals surface area contributed by atoms with Gasteiger partial charge in [-0.1, -0.05) is 6.08 Å². The topological polar surface area (TPSA) is 97.6 Å². The van der Waals surface area contributed by atoms with Crippen LogP contribution in [0.3, 0.4) is 0 Å². The van der Waals surface area contributed by atoms with Crippen LogP contribution in [0.15, 0.2) is 25.0 Å². The van der Waals surface area contributed by atoms with E-state index >= 15 is 0 Å². The molecule has 0 aliphatic carbocycles. The van der Waals surface area contributed by atoms with Gasteiger partial charge in [0.25, 0.3) is 0 Å². The Hall–Kier alpha value is -1.90. The lowest BCUT2D eigenvalue weighted by Crippen LogP contribution is -2.60. The van der Waals surface area contributed by atoms with Gasteiger partial charge in [-0.2, -0.15) is 5.10 Å². The molecule has 2 aliphatic rings. The minimum absolute atomic E-state index is 0.324. The Morgan fingerprint density at radius 1 is 1.68 bits per heavy atom. The van der Waals surface area contributed by atoms with Crippen molar-refractivity contribution in [3.63, 3.8) is 0 Å². The summed E-state index contributed by atoms with van der Waals surface area (Å²) in [6.07, 6.45) is 3.30. The van der Waals surface area contributed by atoms with Crippen molar-refractivity contribution in [2.24, 2.45) is 0 Å². The average Bonchev–Trinajstić information content (AvgIpc) is 3.10. The van der Waals surface area contributed by atoms with Crippen LogP contribution >= 0.6 is 0 Å². The molecule has 5 atom stereocenters. The smallest absolute Gasteiger partial charge is 0.315 e. The summed E-state index contributed by atoms with van der Waals surface area (Å²) in [7, 11) is 0. The van der Waals surface area contributed by atoms with Gasteiger partial charge in [0.1, 0.15) is 18.2 Å². The highest BCUT2D eigenvalue weighted by atomic mass is 16.7. The molecule has 0 spiro atoms. The first kappa shape index (κ1) is 15.0. The molecule has 120 valence electrons. The van der Waals surface area contributed by atoms with E-state index < -0.39 is 24.5 Å². The van der Waals surface area contributed by atoms with E-state index in [1.54, 1.807) is 17.0 Å². The number of nitrogens with one attached hydrogen (secondary N) is 2. The van der Waals surface area contributed by atoms with Gasteiger partial charge in [-0.05, 0) is 12.5 Å². The molecule has 8 heteroatoms. The molecule has 2 aliphatic heterocycles. The van der Waals surface area contributed by atoms with Crippen molar-refractivity contribution < 1.29 is 19.4 Å². The normalized spacial score (nSPS) is 33.5. The third-order valence-corrected chi connectivity index (χ3v) is 3.87. The van der Waals surface area contributed by atoms with Crippen LogP contribution in [-0.4, -0.2) is 58.6 Å². The van der Waals surface area contributed by atoms with Crippen LogP contribution in [0.2, 0.25) is 0 Å². The Labute approximate surface area is 128 Å². The number of fused-ring (bicyclic) bond motifs is 2. The van der Waals surface area contributed by atoms with Crippen LogP contribution in [0.5, 0.6) is 0 Å². The standard InChI is InChI=1S/C14H20N4O4/c1-3-4-15-14(20)17-10-9-7-21-13(22-9)11(12(10)19)18-6-8(2)5-16-18/h3,5-6,9-13,19H,1,4,7H2,2H3,(H2,15,17,20)/t9-,10-,11-,12+,13-/m1/s1. The van der Waals surface area contributed by atoms with Crippen LogP contribution < -0.4 is 10.6 Å². The maximum Gasteiger partial charge on any atom is 0.315 e. The van der Waals surface area contributed by atoms with Gasteiger partial charge >= 0.3 is 6.03 Å². The predicted molar refractivity (Wildman–Crippen MR) is 77.1 cm³/mol. The van der Waals surface area contributed by atoms with E-state index in [9.17, 15) is 9.90 Å². The molecule has 3 rings (SSSR count). The molecule has 2 amide bonds. The molecule has 1 aromatic heterocycles. The summed E-state index contributed by atoms with van der Waals surface area (Å²) in [5.41, 5.74) is 0.973. The van der Waals surface area contributed by atoms with Crippen molar-refractivity contribution in [2.45, 2.75) is 37.5 Å². The number of aliphatic hydroxyl groups is 1. The van der Waals surface area contributed by atoms with E-state index in [0.717, 1.165) is 5.56 Å². The first-order valence-corrected chi connectivity index (χ1v) is 7.21. The van der Waals surface area contributed by atoms with Gasteiger partial charge in [0.05, 0.1) is 18.8 Å². The number of hydrogen-bond acceptors (Lipinski definition) is 5. The van der Waals surface area contributed by atoms with Gasteiger partial charge < -0.3 is 25.2 Å². The summed E-state index contributed by atoms with van der Waals surface area (Å²) in [4.78, 5) is 11.8. The van der Waals surface area contributed by atoms with Gasteiger partial charge in [0, 0.05) is 12.7 Å². The molecule has 0 aromatic carbocycles. The van der Waals surface area contributed by atoms with Crippen molar-refractivity contribution in [1.82, 2.24) is 20.4 Å². The minimum atomic E-state index is -0.861. The Morgan fingerprint density at radius 2 is 2.50 bits per heavy atom. The Balaban J connectivity index is 1.76. The molecule has 8 nitrogen and oxygen atoms in total. The van der Waals surface area contributed by atoms with Crippen molar-refractivity contribution in [1.29, 1.82) is 0 Å². The van der Waals surface area contributed by atoms with E-state index in [2.05, 4.69) is 22.3 Å². The highest BCUT2D eigenvalue weighted by Crippen LogP contribution is 2.35. The second-order valence-corrected chi connectivity index (χ2v) is 5.52. The zero-order valence-corrected chi connectivity index (χ0v) is 12.3. The molecule has 3 heterocycles. The fourth-order valence-corrected chi connectivity index (χ4v) is 2.82. The first-order chi connectivity index (χ1) is 10.6. The Kier molecular flexibility index (Phi) is 4.14. The third-order valence-electron chi connectivity index (χ3n) is 3.87. The number of aryl methyl sites for hydroxylation is 1. The van der Waals surface area contributed by atoms with Crippen LogP contribution in [0.25, 0.3) is 0 Å². The number of urea groups is 1. The zero-order valence-electron chi connectivity index (χ0n) is 12.3. The van der Waals surface area contributed by atoms with E-state index in [0.29, 0.717) is 13.2 Å². The van der Waals surface area contributed by atoms with Gasteiger partial charge in [-0.25, -0.2) is 4.79 Å². The lowest BCUT2D eigenvalue weighted by molar-refractivity contribution is -0.166. The number of hydrogen-bond donors (Lipinski definition) is 3. The predicted octanol–water partition coefficient (Wildman–Crippen LogP) is -0.298. The molecule has 0 unspecified atom stereocenters. The fraction of sp³-hybridized carbons (Fsp3) is 0.571. The summed E-state index contributed by atoms with van der Waals surface area (Å²) in [5.74, 6) is 0. The maximum atomic E-state index is 11.8.